The van der Waals surface area contributed by atoms with Crippen LogP contribution in [0.3, 0.4) is 0 Å². The maximum atomic E-state index is 13.5. The number of nitrogens with one attached hydrogen (secondary N) is 3. The zero-order chi connectivity index (χ0) is 24.0. The van der Waals surface area contributed by atoms with Gasteiger partial charge in [-0.1, -0.05) is 35.9 Å². The van der Waals surface area contributed by atoms with Crippen molar-refractivity contribution in [1.29, 1.82) is 0 Å². The number of halogens is 1. The van der Waals surface area contributed by atoms with Crippen LogP contribution in [0, 0.1) is 6.92 Å². The van der Waals surface area contributed by atoms with Gasteiger partial charge < -0.3 is 20.5 Å². The molecular weight excluding hydrogens is 448 g/mol. The van der Waals surface area contributed by atoms with E-state index in [1.54, 1.807) is 6.08 Å². The summed E-state index contributed by atoms with van der Waals surface area (Å²) in [5, 5.41) is 7.06. The van der Waals surface area contributed by atoms with Gasteiger partial charge in [-0.25, -0.2) is 0 Å². The minimum Gasteiger partial charge on any atom is -0.358 e. The van der Waals surface area contributed by atoms with E-state index in [1.807, 2.05) is 60.4 Å². The minimum absolute atomic E-state index is 0.0295. The molecule has 1 fully saturated rings. The molecule has 2 aliphatic rings. The van der Waals surface area contributed by atoms with Crippen molar-refractivity contribution < 1.29 is 9.59 Å². The molecule has 3 heterocycles. The number of anilines is 1. The Labute approximate surface area is 204 Å². The summed E-state index contributed by atoms with van der Waals surface area (Å²) < 4.78 is 0. The summed E-state index contributed by atoms with van der Waals surface area (Å²) in [5.41, 5.74) is 5.99. The topological polar surface area (TPSA) is 77.2 Å². The Morgan fingerprint density at radius 2 is 1.82 bits per heavy atom. The number of aryl methyl sites for hydroxylation is 1. The van der Waals surface area contributed by atoms with Crippen molar-refractivity contribution in [2.45, 2.75) is 32.9 Å². The second kappa shape index (κ2) is 8.78. The van der Waals surface area contributed by atoms with Crippen molar-refractivity contribution in [3.8, 4) is 11.1 Å². The number of H-pyrrole nitrogens is 1. The molecule has 0 spiro atoms. The Balaban J connectivity index is 1.58. The van der Waals surface area contributed by atoms with Crippen LogP contribution >= 0.6 is 11.6 Å². The molecule has 0 unspecified atom stereocenters. The number of fused-ring (bicyclic) bond motifs is 1. The number of hydrogen-bond donors (Lipinski definition) is 3. The number of aromatic nitrogens is 1. The summed E-state index contributed by atoms with van der Waals surface area (Å²) in [4.78, 5) is 31.7. The number of amides is 2. The average molecular weight is 475 g/mol. The standard InChI is InChI=1S/C27H27ClN4O2/c1-15-10-21(27(34)32-13-16(2)29-17(3)14-32)24(30-15)12-22-25-20(18-6-4-7-19(28)11-18)8-5-9-23(25)31-26(22)33/h4-12,16-17,29-30H,13-14H2,1-3H3,(H,31,33)/b22-12-/t16-,17+. The molecule has 0 saturated carbocycles. The lowest BCUT2D eigenvalue weighted by Gasteiger charge is -2.36. The third-order valence-corrected chi connectivity index (χ3v) is 6.54. The van der Waals surface area contributed by atoms with Crippen LogP contribution in [0.1, 0.15) is 41.2 Å². The first-order valence-corrected chi connectivity index (χ1v) is 11.8. The maximum absolute atomic E-state index is 13.5. The molecule has 5 rings (SSSR count). The number of carbonyl (C=O) groups is 2. The molecule has 0 radical (unpaired) electrons. The summed E-state index contributed by atoms with van der Waals surface area (Å²) in [5.74, 6) is -0.224. The molecule has 2 amide bonds. The summed E-state index contributed by atoms with van der Waals surface area (Å²) in [6, 6.07) is 15.7. The maximum Gasteiger partial charge on any atom is 0.256 e. The Morgan fingerprint density at radius 3 is 2.56 bits per heavy atom. The van der Waals surface area contributed by atoms with Crippen molar-refractivity contribution in [2.75, 3.05) is 18.4 Å². The highest BCUT2D eigenvalue weighted by Gasteiger charge is 2.30. The van der Waals surface area contributed by atoms with E-state index in [0.717, 1.165) is 28.1 Å². The second-order valence-electron chi connectivity index (χ2n) is 9.21. The van der Waals surface area contributed by atoms with Gasteiger partial charge in [0.25, 0.3) is 11.8 Å². The lowest BCUT2D eigenvalue weighted by atomic mass is 9.94. The highest BCUT2D eigenvalue weighted by molar-refractivity contribution is 6.36. The Hall–Kier alpha value is -3.35. The van der Waals surface area contributed by atoms with Crippen molar-refractivity contribution in [2.24, 2.45) is 0 Å². The molecule has 3 N–H and O–H groups in total. The third-order valence-electron chi connectivity index (χ3n) is 6.31. The molecule has 1 saturated heterocycles. The van der Waals surface area contributed by atoms with E-state index in [4.69, 9.17) is 11.6 Å². The number of aromatic amines is 1. The molecule has 174 valence electrons. The van der Waals surface area contributed by atoms with Gasteiger partial charge in [0.05, 0.1) is 16.8 Å². The molecule has 2 atom stereocenters. The van der Waals surface area contributed by atoms with Crippen molar-refractivity contribution in [1.82, 2.24) is 15.2 Å². The zero-order valence-corrected chi connectivity index (χ0v) is 20.2. The van der Waals surface area contributed by atoms with Crippen LogP contribution in [-0.2, 0) is 4.79 Å². The third kappa shape index (κ3) is 4.15. The predicted octanol–water partition coefficient (Wildman–Crippen LogP) is 4.96. The SMILES string of the molecule is Cc1cc(C(=O)N2C[C@@H](C)N[C@@H](C)C2)c(/C=C2\C(=O)Nc3cccc(-c4cccc(Cl)c4)c32)[nH]1. The van der Waals surface area contributed by atoms with Crippen LogP contribution < -0.4 is 10.6 Å². The minimum atomic E-state index is -0.195. The normalized spacial score (nSPS) is 21.0. The van der Waals surface area contributed by atoms with Crippen molar-refractivity contribution in [3.63, 3.8) is 0 Å². The lowest BCUT2D eigenvalue weighted by Crippen LogP contribution is -2.55. The number of nitrogens with zero attached hydrogens (tertiary/aromatic N) is 1. The van der Waals surface area contributed by atoms with Gasteiger partial charge in [-0.3, -0.25) is 9.59 Å². The fraction of sp³-hybridized carbons (Fsp3) is 0.259. The quantitative estimate of drug-likeness (QED) is 0.469. The van der Waals surface area contributed by atoms with Crippen molar-refractivity contribution in [3.05, 3.63) is 76.1 Å². The fourth-order valence-corrected chi connectivity index (χ4v) is 5.18. The smallest absolute Gasteiger partial charge is 0.256 e. The Bertz CT molecular complexity index is 1320. The summed E-state index contributed by atoms with van der Waals surface area (Å²) in [6.07, 6.45) is 1.80. The molecule has 1 aromatic heterocycles. The van der Waals surface area contributed by atoms with E-state index >= 15 is 0 Å². The Morgan fingerprint density at radius 1 is 1.09 bits per heavy atom. The van der Waals surface area contributed by atoms with Crippen LogP contribution in [0.5, 0.6) is 0 Å². The summed E-state index contributed by atoms with van der Waals surface area (Å²) >= 11 is 6.24. The summed E-state index contributed by atoms with van der Waals surface area (Å²) in [7, 11) is 0. The van der Waals surface area contributed by atoms with Crippen LogP contribution in [0.4, 0.5) is 5.69 Å². The van der Waals surface area contributed by atoms with E-state index in [9.17, 15) is 9.59 Å². The van der Waals surface area contributed by atoms with E-state index in [1.165, 1.54) is 0 Å². The van der Waals surface area contributed by atoms with Gasteiger partial charge in [-0.05, 0) is 62.2 Å². The molecule has 2 aromatic carbocycles. The van der Waals surface area contributed by atoms with E-state index in [2.05, 4.69) is 29.5 Å². The first-order valence-electron chi connectivity index (χ1n) is 11.5. The van der Waals surface area contributed by atoms with Gasteiger partial charge in [0.1, 0.15) is 0 Å². The lowest BCUT2D eigenvalue weighted by molar-refractivity contribution is -0.110. The first-order chi connectivity index (χ1) is 16.3. The number of rotatable bonds is 3. The molecule has 7 heteroatoms. The van der Waals surface area contributed by atoms with Gasteiger partial charge in [-0.2, -0.15) is 0 Å². The molecule has 0 aliphatic carbocycles. The molecule has 34 heavy (non-hydrogen) atoms. The van der Waals surface area contributed by atoms with Crippen LogP contribution in [0.2, 0.25) is 5.02 Å². The molecule has 0 bridgehead atoms. The largest absolute Gasteiger partial charge is 0.358 e. The van der Waals surface area contributed by atoms with Gasteiger partial charge in [0.15, 0.2) is 0 Å². The summed E-state index contributed by atoms with van der Waals surface area (Å²) in [6.45, 7) is 7.37. The van der Waals surface area contributed by atoms with Gasteiger partial charge >= 0.3 is 0 Å². The molecule has 3 aromatic rings. The fourth-order valence-electron chi connectivity index (χ4n) is 4.99. The first kappa shape index (κ1) is 22.4. The number of carbonyl (C=O) groups excluding carboxylic acids is 2. The van der Waals surface area contributed by atoms with Gasteiger partial charge in [0.2, 0.25) is 0 Å². The molecular formula is C27H27ClN4O2. The van der Waals surface area contributed by atoms with E-state index in [-0.39, 0.29) is 23.9 Å². The molecule has 6 nitrogen and oxygen atoms in total. The number of piperazine rings is 1. The van der Waals surface area contributed by atoms with Crippen LogP contribution in [-0.4, -0.2) is 46.9 Å². The predicted molar refractivity (Wildman–Crippen MR) is 137 cm³/mol. The monoisotopic (exact) mass is 474 g/mol. The second-order valence-corrected chi connectivity index (χ2v) is 9.65. The highest BCUT2D eigenvalue weighted by Crippen LogP contribution is 2.41. The van der Waals surface area contributed by atoms with Gasteiger partial charge in [0, 0.05) is 47.1 Å². The van der Waals surface area contributed by atoms with E-state index < -0.39 is 0 Å². The van der Waals surface area contributed by atoms with Gasteiger partial charge in [-0.15, -0.1) is 0 Å². The van der Waals surface area contributed by atoms with Crippen LogP contribution in [0.15, 0.2) is 48.5 Å². The number of benzene rings is 2. The van der Waals surface area contributed by atoms with Crippen LogP contribution in [0.25, 0.3) is 22.8 Å². The highest BCUT2D eigenvalue weighted by atomic mass is 35.5. The zero-order valence-electron chi connectivity index (χ0n) is 19.4. The van der Waals surface area contributed by atoms with E-state index in [0.29, 0.717) is 34.9 Å². The average Bonchev–Trinajstić information content (AvgIpc) is 3.31. The number of hydrogen-bond acceptors (Lipinski definition) is 3. The molecule has 2 aliphatic heterocycles. The Kier molecular flexibility index (Phi) is 5.80. The van der Waals surface area contributed by atoms with Crippen molar-refractivity contribution >= 4 is 40.8 Å².